The highest BCUT2D eigenvalue weighted by atomic mass is 79.9. The monoisotopic (exact) mass is 321 g/mol. The van der Waals surface area contributed by atoms with Gasteiger partial charge in [0.15, 0.2) is 0 Å². The molecule has 0 spiro atoms. The molecule has 1 N–H and O–H groups in total. The van der Waals surface area contributed by atoms with E-state index in [2.05, 4.69) is 65.3 Å². The number of hydrogen-bond donors (Lipinski definition) is 1. The van der Waals surface area contributed by atoms with Crippen LogP contribution in [0.5, 0.6) is 0 Å². The van der Waals surface area contributed by atoms with Gasteiger partial charge in [0, 0.05) is 16.7 Å². The van der Waals surface area contributed by atoms with Gasteiger partial charge in [0.25, 0.3) is 0 Å². The lowest BCUT2D eigenvalue weighted by molar-refractivity contribution is 0.806. The van der Waals surface area contributed by atoms with Crippen molar-refractivity contribution >= 4 is 15.9 Å². The standard InChI is InChI=1S/C15H20BrN3/c1-5-14-10(2)18-19(11(14)3)13-7-6-12(9-17-4)15(16)8-13/h6-8,17H,5,9H2,1-4H3. The molecule has 2 aromatic rings. The molecule has 0 saturated carbocycles. The summed E-state index contributed by atoms with van der Waals surface area (Å²) in [7, 11) is 1.95. The first-order valence-corrected chi connectivity index (χ1v) is 7.36. The third kappa shape index (κ3) is 2.74. The number of hydrogen-bond acceptors (Lipinski definition) is 2. The average Bonchev–Trinajstić information content (AvgIpc) is 2.67. The van der Waals surface area contributed by atoms with Crippen LogP contribution in [0.15, 0.2) is 22.7 Å². The summed E-state index contributed by atoms with van der Waals surface area (Å²) in [6.07, 6.45) is 1.02. The molecule has 0 saturated heterocycles. The molecule has 102 valence electrons. The molecule has 0 unspecified atom stereocenters. The molecule has 0 bridgehead atoms. The van der Waals surface area contributed by atoms with Gasteiger partial charge in [0.2, 0.25) is 0 Å². The number of halogens is 1. The maximum atomic E-state index is 4.65. The highest BCUT2D eigenvalue weighted by Crippen LogP contribution is 2.23. The molecule has 0 fully saturated rings. The van der Waals surface area contributed by atoms with Crippen LogP contribution in [0.4, 0.5) is 0 Å². The zero-order valence-electron chi connectivity index (χ0n) is 11.9. The predicted octanol–water partition coefficient (Wildman–Crippen LogP) is 3.53. The van der Waals surface area contributed by atoms with Gasteiger partial charge in [0.1, 0.15) is 0 Å². The van der Waals surface area contributed by atoms with Crippen molar-refractivity contribution in [3.8, 4) is 5.69 Å². The number of nitrogens with one attached hydrogen (secondary N) is 1. The zero-order valence-corrected chi connectivity index (χ0v) is 13.5. The molecule has 19 heavy (non-hydrogen) atoms. The SMILES string of the molecule is CCc1c(C)nn(-c2ccc(CNC)c(Br)c2)c1C. The quantitative estimate of drug-likeness (QED) is 0.933. The van der Waals surface area contributed by atoms with Crippen LogP contribution in [0.25, 0.3) is 5.69 Å². The summed E-state index contributed by atoms with van der Waals surface area (Å²) in [6, 6.07) is 6.39. The van der Waals surface area contributed by atoms with Crippen LogP contribution in [0.2, 0.25) is 0 Å². The lowest BCUT2D eigenvalue weighted by Crippen LogP contribution is -2.06. The fraction of sp³-hybridized carbons (Fsp3) is 0.400. The van der Waals surface area contributed by atoms with Crippen molar-refractivity contribution in [3.05, 3.63) is 45.2 Å². The molecule has 4 heteroatoms. The lowest BCUT2D eigenvalue weighted by Gasteiger charge is -2.09. The van der Waals surface area contributed by atoms with Gasteiger partial charge in [-0.3, -0.25) is 0 Å². The molecule has 1 heterocycles. The van der Waals surface area contributed by atoms with Crippen molar-refractivity contribution in [2.24, 2.45) is 0 Å². The highest BCUT2D eigenvalue weighted by molar-refractivity contribution is 9.10. The van der Waals surface area contributed by atoms with Crippen LogP contribution in [-0.4, -0.2) is 16.8 Å². The molecule has 0 atom stereocenters. The van der Waals surface area contributed by atoms with E-state index in [9.17, 15) is 0 Å². The molecule has 1 aromatic heterocycles. The van der Waals surface area contributed by atoms with Crippen LogP contribution >= 0.6 is 15.9 Å². The first-order valence-electron chi connectivity index (χ1n) is 6.57. The maximum absolute atomic E-state index is 4.65. The number of aryl methyl sites for hydroxylation is 1. The average molecular weight is 322 g/mol. The van der Waals surface area contributed by atoms with Crippen LogP contribution in [-0.2, 0) is 13.0 Å². The Balaban J connectivity index is 2.45. The maximum Gasteiger partial charge on any atom is 0.0660 e. The summed E-state index contributed by atoms with van der Waals surface area (Å²) in [6.45, 7) is 7.24. The molecule has 0 amide bonds. The van der Waals surface area contributed by atoms with Crippen LogP contribution in [0, 0.1) is 13.8 Å². The largest absolute Gasteiger partial charge is 0.316 e. The van der Waals surface area contributed by atoms with Gasteiger partial charge >= 0.3 is 0 Å². The minimum absolute atomic E-state index is 0.859. The van der Waals surface area contributed by atoms with Gasteiger partial charge in [-0.1, -0.05) is 28.9 Å². The first-order chi connectivity index (χ1) is 9.08. The van der Waals surface area contributed by atoms with Gasteiger partial charge in [-0.15, -0.1) is 0 Å². The molecule has 2 rings (SSSR count). The van der Waals surface area contributed by atoms with Gasteiger partial charge in [-0.2, -0.15) is 5.10 Å². The van der Waals surface area contributed by atoms with Gasteiger partial charge < -0.3 is 5.32 Å². The normalized spacial score (nSPS) is 11.0. The van der Waals surface area contributed by atoms with Crippen molar-refractivity contribution < 1.29 is 0 Å². The lowest BCUT2D eigenvalue weighted by atomic mass is 10.1. The van der Waals surface area contributed by atoms with E-state index in [4.69, 9.17) is 0 Å². The molecule has 1 aromatic carbocycles. The van der Waals surface area contributed by atoms with E-state index < -0.39 is 0 Å². The minimum atomic E-state index is 0.859. The Morgan fingerprint density at radius 1 is 1.32 bits per heavy atom. The first kappa shape index (κ1) is 14.3. The highest BCUT2D eigenvalue weighted by Gasteiger charge is 2.11. The molecular formula is C15H20BrN3. The molecule has 3 nitrogen and oxygen atoms in total. The van der Waals surface area contributed by atoms with Crippen LogP contribution in [0.3, 0.4) is 0 Å². The molecular weight excluding hydrogens is 302 g/mol. The van der Waals surface area contributed by atoms with E-state index in [0.29, 0.717) is 0 Å². The smallest absolute Gasteiger partial charge is 0.0660 e. The summed E-state index contributed by atoms with van der Waals surface area (Å²) in [5, 5.41) is 7.81. The third-order valence-electron chi connectivity index (χ3n) is 3.44. The summed E-state index contributed by atoms with van der Waals surface area (Å²) in [5.74, 6) is 0. The fourth-order valence-corrected chi connectivity index (χ4v) is 2.95. The van der Waals surface area contributed by atoms with Crippen LogP contribution in [0.1, 0.15) is 29.4 Å². The Morgan fingerprint density at radius 3 is 2.58 bits per heavy atom. The van der Waals surface area contributed by atoms with Crippen molar-refractivity contribution in [3.63, 3.8) is 0 Å². The Kier molecular flexibility index (Phi) is 4.42. The van der Waals surface area contributed by atoms with Crippen molar-refractivity contribution in [2.75, 3.05) is 7.05 Å². The summed E-state index contributed by atoms with van der Waals surface area (Å²) >= 11 is 3.63. The van der Waals surface area contributed by atoms with E-state index in [1.165, 1.54) is 16.8 Å². The second kappa shape index (κ2) is 5.88. The number of rotatable bonds is 4. The number of nitrogens with zero attached hydrogens (tertiary/aromatic N) is 2. The van der Waals surface area contributed by atoms with Crippen molar-refractivity contribution in [1.82, 2.24) is 15.1 Å². The molecule has 0 aliphatic carbocycles. The van der Waals surface area contributed by atoms with E-state index in [0.717, 1.165) is 28.8 Å². The van der Waals surface area contributed by atoms with Gasteiger partial charge in [0.05, 0.1) is 11.4 Å². The Labute approximate surface area is 123 Å². The summed E-state index contributed by atoms with van der Waals surface area (Å²) in [5.41, 5.74) is 6.05. The molecule has 0 aliphatic heterocycles. The summed E-state index contributed by atoms with van der Waals surface area (Å²) < 4.78 is 3.15. The fourth-order valence-electron chi connectivity index (χ4n) is 2.44. The Hall–Kier alpha value is -1.13. The number of aromatic nitrogens is 2. The van der Waals surface area contributed by atoms with Gasteiger partial charge in [-0.25, -0.2) is 4.68 Å². The van der Waals surface area contributed by atoms with Gasteiger partial charge in [-0.05, 0) is 50.6 Å². The third-order valence-corrected chi connectivity index (χ3v) is 4.18. The number of benzene rings is 1. The summed E-state index contributed by atoms with van der Waals surface area (Å²) in [4.78, 5) is 0. The zero-order chi connectivity index (χ0) is 14.0. The van der Waals surface area contributed by atoms with Crippen LogP contribution < -0.4 is 5.32 Å². The second-order valence-corrected chi connectivity index (χ2v) is 5.58. The topological polar surface area (TPSA) is 29.9 Å². The Bertz CT molecular complexity index is 587. The minimum Gasteiger partial charge on any atom is -0.316 e. The molecule has 0 aliphatic rings. The van der Waals surface area contributed by atoms with Crippen molar-refractivity contribution in [1.29, 1.82) is 0 Å². The van der Waals surface area contributed by atoms with E-state index >= 15 is 0 Å². The van der Waals surface area contributed by atoms with E-state index in [1.807, 2.05) is 11.7 Å². The second-order valence-electron chi connectivity index (χ2n) is 4.72. The van der Waals surface area contributed by atoms with E-state index in [1.54, 1.807) is 0 Å². The predicted molar refractivity (Wildman–Crippen MR) is 82.9 cm³/mol. The molecule has 0 radical (unpaired) electrons. The Morgan fingerprint density at radius 2 is 2.05 bits per heavy atom. The van der Waals surface area contributed by atoms with Crippen molar-refractivity contribution in [2.45, 2.75) is 33.7 Å². The van der Waals surface area contributed by atoms with E-state index in [-0.39, 0.29) is 0 Å².